The second kappa shape index (κ2) is 14.6. The van der Waals surface area contributed by atoms with Gasteiger partial charge in [0.25, 0.3) is 0 Å². The van der Waals surface area contributed by atoms with Crippen molar-refractivity contribution in [2.24, 2.45) is 0 Å². The van der Waals surface area contributed by atoms with Crippen molar-refractivity contribution in [1.29, 1.82) is 0 Å². The lowest BCUT2D eigenvalue weighted by Crippen LogP contribution is -2.14. The molecule has 1 aliphatic carbocycles. The molecular formula is C57H42N2S. The summed E-state index contributed by atoms with van der Waals surface area (Å²) in [5.41, 5.74) is 16.9. The molecule has 0 saturated heterocycles. The van der Waals surface area contributed by atoms with Crippen molar-refractivity contribution in [1.82, 2.24) is 0 Å². The third-order valence-corrected chi connectivity index (χ3v) is 13.3. The van der Waals surface area contributed by atoms with Gasteiger partial charge in [0.2, 0.25) is 0 Å². The molecule has 0 N–H and O–H groups in total. The zero-order chi connectivity index (χ0) is 40.2. The zero-order valence-corrected chi connectivity index (χ0v) is 34.4. The van der Waals surface area contributed by atoms with Crippen LogP contribution in [0.4, 0.5) is 34.1 Å². The van der Waals surface area contributed by atoms with Crippen molar-refractivity contribution >= 4 is 65.6 Å². The Morgan fingerprint density at radius 1 is 0.317 bits per heavy atom. The molecule has 9 aromatic carbocycles. The molecular weight excluding hydrogens is 745 g/mol. The van der Waals surface area contributed by atoms with Gasteiger partial charge in [0.05, 0.1) is 0 Å². The minimum absolute atomic E-state index is 0.0450. The van der Waals surface area contributed by atoms with Gasteiger partial charge in [-0.15, -0.1) is 11.3 Å². The van der Waals surface area contributed by atoms with Gasteiger partial charge in [0.15, 0.2) is 0 Å². The van der Waals surface area contributed by atoms with E-state index in [1.165, 1.54) is 59.1 Å². The van der Waals surface area contributed by atoms with Gasteiger partial charge in [-0.3, -0.25) is 0 Å². The number of rotatable bonds is 8. The van der Waals surface area contributed by atoms with Crippen LogP contribution in [0.3, 0.4) is 0 Å². The number of hydrogen-bond donors (Lipinski definition) is 0. The van der Waals surface area contributed by atoms with Gasteiger partial charge in [-0.2, -0.15) is 0 Å². The zero-order valence-electron chi connectivity index (χ0n) is 33.6. The third kappa shape index (κ3) is 6.18. The van der Waals surface area contributed by atoms with E-state index >= 15 is 0 Å². The van der Waals surface area contributed by atoms with Crippen LogP contribution in [0.5, 0.6) is 0 Å². The molecule has 10 aromatic rings. The van der Waals surface area contributed by atoms with Gasteiger partial charge in [-0.25, -0.2) is 0 Å². The first-order valence-corrected chi connectivity index (χ1v) is 21.5. The quantitative estimate of drug-likeness (QED) is 0.151. The summed E-state index contributed by atoms with van der Waals surface area (Å²) in [4.78, 5) is 4.73. The maximum absolute atomic E-state index is 2.43. The SMILES string of the molecule is CC1(C)c2ccccc2-c2ccc(-c3ccc4sc5ccc(-c6cc(N(c7ccccc7)c7ccccc7)cc(N(c7ccccc7)c7ccccc7)c6)cc5c4c3)cc21. The van der Waals surface area contributed by atoms with E-state index in [9.17, 15) is 0 Å². The number of benzene rings is 9. The topological polar surface area (TPSA) is 6.48 Å². The highest BCUT2D eigenvalue weighted by Crippen LogP contribution is 2.50. The molecule has 1 aliphatic rings. The molecule has 0 unspecified atom stereocenters. The summed E-state index contributed by atoms with van der Waals surface area (Å²) in [5, 5.41) is 2.57. The van der Waals surface area contributed by atoms with Crippen LogP contribution in [-0.4, -0.2) is 0 Å². The highest BCUT2D eigenvalue weighted by Gasteiger charge is 2.35. The Bertz CT molecular complexity index is 2990. The number of anilines is 6. The Balaban J connectivity index is 1.08. The van der Waals surface area contributed by atoms with Crippen LogP contribution < -0.4 is 9.80 Å². The Hall–Kier alpha value is -7.20. The predicted octanol–water partition coefficient (Wildman–Crippen LogP) is 16.6. The molecule has 1 heterocycles. The summed E-state index contributed by atoms with van der Waals surface area (Å²) in [6, 6.07) is 79.8. The number of nitrogens with zero attached hydrogens (tertiary/aromatic N) is 2. The maximum atomic E-state index is 2.43. The first kappa shape index (κ1) is 35.9. The molecule has 0 saturated carbocycles. The molecule has 11 rings (SSSR count). The van der Waals surface area contributed by atoms with Crippen molar-refractivity contribution in [3.05, 3.63) is 230 Å². The van der Waals surface area contributed by atoms with E-state index in [0.717, 1.165) is 39.7 Å². The van der Waals surface area contributed by atoms with Crippen LogP contribution in [0.2, 0.25) is 0 Å². The third-order valence-electron chi connectivity index (χ3n) is 12.2. The molecule has 60 heavy (non-hydrogen) atoms. The Kier molecular flexibility index (Phi) is 8.72. The molecule has 2 nitrogen and oxygen atoms in total. The number of hydrogen-bond acceptors (Lipinski definition) is 3. The Morgan fingerprint density at radius 3 is 1.22 bits per heavy atom. The van der Waals surface area contributed by atoms with Crippen molar-refractivity contribution in [2.75, 3.05) is 9.80 Å². The Labute approximate surface area is 355 Å². The monoisotopic (exact) mass is 786 g/mol. The summed E-state index contributed by atoms with van der Waals surface area (Å²) in [6.45, 7) is 4.72. The molecule has 0 aliphatic heterocycles. The number of para-hydroxylation sites is 4. The highest BCUT2D eigenvalue weighted by atomic mass is 32.1. The van der Waals surface area contributed by atoms with Crippen LogP contribution in [0.15, 0.2) is 218 Å². The highest BCUT2D eigenvalue weighted by molar-refractivity contribution is 7.25. The summed E-state index contributed by atoms with van der Waals surface area (Å²) in [5.74, 6) is 0. The van der Waals surface area contributed by atoms with Gasteiger partial charge in [0.1, 0.15) is 0 Å². The molecule has 3 heteroatoms. The van der Waals surface area contributed by atoms with E-state index in [4.69, 9.17) is 0 Å². The predicted molar refractivity (Wildman–Crippen MR) is 257 cm³/mol. The minimum Gasteiger partial charge on any atom is -0.310 e. The lowest BCUT2D eigenvalue weighted by molar-refractivity contribution is 0.660. The van der Waals surface area contributed by atoms with Crippen molar-refractivity contribution in [3.8, 4) is 33.4 Å². The first-order chi connectivity index (χ1) is 29.5. The van der Waals surface area contributed by atoms with Gasteiger partial charge >= 0.3 is 0 Å². The van der Waals surface area contributed by atoms with Gasteiger partial charge in [-0.1, -0.05) is 135 Å². The molecule has 0 atom stereocenters. The average molecular weight is 787 g/mol. The van der Waals surface area contributed by atoms with Crippen LogP contribution in [0.1, 0.15) is 25.0 Å². The lowest BCUT2D eigenvalue weighted by atomic mass is 9.81. The fourth-order valence-corrected chi connectivity index (χ4v) is 10.3. The second-order valence-electron chi connectivity index (χ2n) is 16.2. The van der Waals surface area contributed by atoms with E-state index in [1.807, 2.05) is 11.3 Å². The largest absolute Gasteiger partial charge is 0.310 e. The molecule has 0 spiro atoms. The van der Waals surface area contributed by atoms with Crippen molar-refractivity contribution < 1.29 is 0 Å². The number of fused-ring (bicyclic) bond motifs is 6. The van der Waals surface area contributed by atoms with E-state index in [-0.39, 0.29) is 5.41 Å². The lowest BCUT2D eigenvalue weighted by Gasteiger charge is -2.30. The van der Waals surface area contributed by atoms with Crippen molar-refractivity contribution in [3.63, 3.8) is 0 Å². The van der Waals surface area contributed by atoms with Crippen LogP contribution in [0.25, 0.3) is 53.6 Å². The summed E-state index contributed by atoms with van der Waals surface area (Å²) in [6.07, 6.45) is 0. The van der Waals surface area contributed by atoms with E-state index < -0.39 is 0 Å². The van der Waals surface area contributed by atoms with E-state index in [2.05, 4.69) is 242 Å². The molecule has 0 radical (unpaired) electrons. The molecule has 0 amide bonds. The summed E-state index contributed by atoms with van der Waals surface area (Å²) >= 11 is 1.87. The van der Waals surface area contributed by atoms with Crippen LogP contribution in [-0.2, 0) is 5.41 Å². The standard InChI is InChI=1S/C57H42N2S/c1-57(2)53-26-16-15-25-49(53)50-30-27-41(37-54(50)57)39-28-31-55-51(35-39)52-36-40(29-32-56(52)60-55)42-33-47(58(43-17-7-3-8-18-43)44-19-9-4-10-20-44)38-48(34-42)59(45-21-11-5-12-22-45)46-23-13-6-14-24-46/h3-38H,1-2H3. The molecule has 0 fully saturated rings. The number of thiophene rings is 1. The van der Waals surface area contributed by atoms with Crippen LogP contribution in [0, 0.1) is 0 Å². The van der Waals surface area contributed by atoms with E-state index in [1.54, 1.807) is 0 Å². The summed E-state index contributed by atoms with van der Waals surface area (Å²) < 4.78 is 2.59. The minimum atomic E-state index is -0.0450. The van der Waals surface area contributed by atoms with Gasteiger partial charge in [-0.05, 0) is 142 Å². The smallest absolute Gasteiger partial charge is 0.0488 e. The fourth-order valence-electron chi connectivity index (χ4n) is 9.24. The second-order valence-corrected chi connectivity index (χ2v) is 17.3. The molecule has 1 aromatic heterocycles. The van der Waals surface area contributed by atoms with Crippen LogP contribution >= 0.6 is 11.3 Å². The normalized spacial score (nSPS) is 12.6. The van der Waals surface area contributed by atoms with Gasteiger partial charge in [0, 0.05) is 59.7 Å². The van der Waals surface area contributed by atoms with Gasteiger partial charge < -0.3 is 9.80 Å². The average Bonchev–Trinajstić information content (AvgIpc) is 3.78. The van der Waals surface area contributed by atoms with E-state index in [0.29, 0.717) is 0 Å². The first-order valence-electron chi connectivity index (χ1n) is 20.7. The summed E-state index contributed by atoms with van der Waals surface area (Å²) in [7, 11) is 0. The Morgan fingerprint density at radius 2 is 0.717 bits per heavy atom. The maximum Gasteiger partial charge on any atom is 0.0488 e. The molecule has 286 valence electrons. The fraction of sp³-hybridized carbons (Fsp3) is 0.0526. The van der Waals surface area contributed by atoms with Crippen molar-refractivity contribution in [2.45, 2.75) is 19.3 Å². The molecule has 0 bridgehead atoms.